The first-order chi connectivity index (χ1) is 6.86. The molecule has 0 aliphatic rings. The lowest BCUT2D eigenvalue weighted by atomic mass is 9.81. The quantitative estimate of drug-likeness (QED) is 0.799. The van der Waals surface area contributed by atoms with Gasteiger partial charge in [0.15, 0.2) is 0 Å². The molecule has 84 valence electrons. The third-order valence-corrected chi connectivity index (χ3v) is 2.85. The van der Waals surface area contributed by atoms with Crippen molar-refractivity contribution in [2.75, 3.05) is 6.61 Å². The van der Waals surface area contributed by atoms with Gasteiger partial charge in [0.2, 0.25) is 0 Å². The zero-order valence-electron chi connectivity index (χ0n) is 10.0. The zero-order valence-corrected chi connectivity index (χ0v) is 10.0. The number of rotatable bonds is 3. The van der Waals surface area contributed by atoms with Crippen LogP contribution in [0.4, 0.5) is 0 Å². The van der Waals surface area contributed by atoms with Crippen LogP contribution in [0.2, 0.25) is 0 Å². The minimum atomic E-state index is -0.278. The molecule has 0 spiro atoms. The summed E-state index contributed by atoms with van der Waals surface area (Å²) in [6, 6.07) is 6.19. The second kappa shape index (κ2) is 4.33. The molecule has 0 aliphatic carbocycles. The van der Waals surface area contributed by atoms with Crippen molar-refractivity contribution in [1.82, 2.24) is 0 Å². The number of aryl methyl sites for hydroxylation is 2. The topological polar surface area (TPSA) is 46.2 Å². The molecule has 1 aromatic rings. The Balaban J connectivity index is 3.06. The normalized spacial score (nSPS) is 14.0. The van der Waals surface area contributed by atoms with Gasteiger partial charge in [0.1, 0.15) is 0 Å². The van der Waals surface area contributed by atoms with Gasteiger partial charge in [-0.3, -0.25) is 0 Å². The molecule has 0 aromatic heterocycles. The lowest BCUT2D eigenvalue weighted by molar-refractivity contribution is 0.132. The highest BCUT2D eigenvalue weighted by molar-refractivity contribution is 5.31. The Morgan fingerprint density at radius 1 is 1.20 bits per heavy atom. The average Bonchev–Trinajstić information content (AvgIpc) is 2.15. The van der Waals surface area contributed by atoms with Gasteiger partial charge in [-0.2, -0.15) is 0 Å². The van der Waals surface area contributed by atoms with E-state index < -0.39 is 0 Å². The maximum Gasteiger partial charge on any atom is 0.0500 e. The SMILES string of the molecule is Cc1cc(C)cc([C@H](N)C(C)(C)CO)c1. The first-order valence-corrected chi connectivity index (χ1v) is 5.31. The number of aliphatic hydroxyl groups is 1. The molecule has 0 amide bonds. The van der Waals surface area contributed by atoms with Gasteiger partial charge in [0.05, 0.1) is 0 Å². The van der Waals surface area contributed by atoms with E-state index in [4.69, 9.17) is 5.73 Å². The van der Waals surface area contributed by atoms with E-state index in [1.807, 2.05) is 13.8 Å². The molecule has 0 radical (unpaired) electrons. The molecular weight excluding hydrogens is 186 g/mol. The molecule has 1 atom stereocenters. The highest BCUT2D eigenvalue weighted by Crippen LogP contribution is 2.31. The largest absolute Gasteiger partial charge is 0.396 e. The van der Waals surface area contributed by atoms with Gasteiger partial charge in [0.25, 0.3) is 0 Å². The number of hydrogen-bond acceptors (Lipinski definition) is 2. The van der Waals surface area contributed by atoms with Crippen molar-refractivity contribution in [3.05, 3.63) is 34.9 Å². The van der Waals surface area contributed by atoms with Crippen molar-refractivity contribution in [2.45, 2.75) is 33.7 Å². The maximum atomic E-state index is 9.28. The molecule has 2 heteroatoms. The second-order valence-electron chi connectivity index (χ2n) is 5.05. The summed E-state index contributed by atoms with van der Waals surface area (Å²) in [7, 11) is 0. The van der Waals surface area contributed by atoms with E-state index in [2.05, 4.69) is 32.0 Å². The zero-order chi connectivity index (χ0) is 11.6. The molecule has 0 saturated carbocycles. The number of hydrogen-bond donors (Lipinski definition) is 2. The first-order valence-electron chi connectivity index (χ1n) is 5.31. The van der Waals surface area contributed by atoms with Crippen LogP contribution in [0.25, 0.3) is 0 Å². The lowest BCUT2D eigenvalue weighted by Crippen LogP contribution is -2.32. The van der Waals surface area contributed by atoms with E-state index in [1.165, 1.54) is 11.1 Å². The van der Waals surface area contributed by atoms with Crippen molar-refractivity contribution in [1.29, 1.82) is 0 Å². The van der Waals surface area contributed by atoms with Crippen LogP contribution in [0, 0.1) is 19.3 Å². The molecule has 0 aliphatic heterocycles. The molecule has 0 fully saturated rings. The van der Waals surface area contributed by atoms with Crippen LogP contribution >= 0.6 is 0 Å². The molecule has 0 saturated heterocycles. The van der Waals surface area contributed by atoms with Crippen LogP contribution in [0.15, 0.2) is 18.2 Å². The van der Waals surface area contributed by atoms with Crippen LogP contribution in [0.5, 0.6) is 0 Å². The summed E-state index contributed by atoms with van der Waals surface area (Å²) in [5.41, 5.74) is 9.42. The highest BCUT2D eigenvalue weighted by atomic mass is 16.3. The van der Waals surface area contributed by atoms with Gasteiger partial charge in [-0.25, -0.2) is 0 Å². The van der Waals surface area contributed by atoms with Crippen LogP contribution < -0.4 is 5.73 Å². The first kappa shape index (κ1) is 12.2. The standard InChI is InChI=1S/C13H21NO/c1-9-5-10(2)7-11(6-9)12(14)13(3,4)8-15/h5-7,12,15H,8,14H2,1-4H3/t12-/m0/s1. The Morgan fingerprint density at radius 3 is 2.07 bits per heavy atom. The van der Waals surface area contributed by atoms with Crippen molar-refractivity contribution in [3.8, 4) is 0 Å². The fraction of sp³-hybridized carbons (Fsp3) is 0.538. The minimum absolute atomic E-state index is 0.0984. The summed E-state index contributed by atoms with van der Waals surface area (Å²) in [5.74, 6) is 0. The van der Waals surface area contributed by atoms with Crippen molar-refractivity contribution in [2.24, 2.45) is 11.1 Å². The summed E-state index contributed by atoms with van der Waals surface area (Å²) < 4.78 is 0. The molecule has 2 nitrogen and oxygen atoms in total. The van der Waals surface area contributed by atoms with Gasteiger partial charge in [0, 0.05) is 18.1 Å². The number of aliphatic hydroxyl groups excluding tert-OH is 1. The monoisotopic (exact) mass is 207 g/mol. The van der Waals surface area contributed by atoms with Gasteiger partial charge < -0.3 is 10.8 Å². The van der Waals surface area contributed by atoms with E-state index in [-0.39, 0.29) is 18.1 Å². The fourth-order valence-corrected chi connectivity index (χ4v) is 1.74. The third kappa shape index (κ3) is 2.80. The molecule has 0 unspecified atom stereocenters. The van der Waals surface area contributed by atoms with Gasteiger partial charge in [-0.05, 0) is 19.4 Å². The lowest BCUT2D eigenvalue weighted by Gasteiger charge is -2.30. The third-order valence-electron chi connectivity index (χ3n) is 2.85. The summed E-state index contributed by atoms with van der Waals surface area (Å²) in [4.78, 5) is 0. The van der Waals surface area contributed by atoms with E-state index in [9.17, 15) is 5.11 Å². The van der Waals surface area contributed by atoms with E-state index in [0.717, 1.165) is 5.56 Å². The average molecular weight is 207 g/mol. The van der Waals surface area contributed by atoms with Crippen LogP contribution in [-0.4, -0.2) is 11.7 Å². The van der Waals surface area contributed by atoms with Crippen molar-refractivity contribution in [3.63, 3.8) is 0 Å². The molecule has 1 rings (SSSR count). The number of benzene rings is 1. The Bertz CT molecular complexity index is 324. The molecule has 0 heterocycles. The summed E-state index contributed by atoms with van der Waals surface area (Å²) in [6.07, 6.45) is 0. The van der Waals surface area contributed by atoms with E-state index in [0.29, 0.717) is 0 Å². The van der Waals surface area contributed by atoms with Gasteiger partial charge in [-0.1, -0.05) is 43.2 Å². The molecule has 0 bridgehead atoms. The molecule has 3 N–H and O–H groups in total. The van der Waals surface area contributed by atoms with Crippen LogP contribution in [0.3, 0.4) is 0 Å². The van der Waals surface area contributed by atoms with Crippen molar-refractivity contribution >= 4 is 0 Å². The van der Waals surface area contributed by atoms with E-state index in [1.54, 1.807) is 0 Å². The fourth-order valence-electron chi connectivity index (χ4n) is 1.74. The molecule has 1 aromatic carbocycles. The van der Waals surface area contributed by atoms with Crippen LogP contribution in [0.1, 0.15) is 36.6 Å². The minimum Gasteiger partial charge on any atom is -0.396 e. The Kier molecular flexibility index (Phi) is 3.53. The smallest absolute Gasteiger partial charge is 0.0500 e. The highest BCUT2D eigenvalue weighted by Gasteiger charge is 2.26. The maximum absolute atomic E-state index is 9.28. The summed E-state index contributed by atoms with van der Waals surface area (Å²) >= 11 is 0. The Hall–Kier alpha value is -0.860. The summed E-state index contributed by atoms with van der Waals surface area (Å²) in [5, 5.41) is 9.28. The van der Waals surface area contributed by atoms with Gasteiger partial charge >= 0.3 is 0 Å². The summed E-state index contributed by atoms with van der Waals surface area (Å²) in [6.45, 7) is 8.19. The molecule has 15 heavy (non-hydrogen) atoms. The second-order valence-corrected chi connectivity index (χ2v) is 5.05. The predicted octanol–water partition coefficient (Wildman–Crippen LogP) is 2.32. The Labute approximate surface area is 92.1 Å². The molecular formula is C13H21NO. The van der Waals surface area contributed by atoms with Gasteiger partial charge in [-0.15, -0.1) is 0 Å². The predicted molar refractivity (Wildman–Crippen MR) is 63.7 cm³/mol. The Morgan fingerprint density at radius 2 is 1.67 bits per heavy atom. The van der Waals surface area contributed by atoms with Crippen molar-refractivity contribution < 1.29 is 5.11 Å². The van der Waals surface area contributed by atoms with Crippen LogP contribution in [-0.2, 0) is 0 Å². The van der Waals surface area contributed by atoms with E-state index >= 15 is 0 Å². The number of nitrogens with two attached hydrogens (primary N) is 1.